The molecule has 0 radical (unpaired) electrons. The molecule has 0 aromatic heterocycles. The third-order valence-corrected chi connectivity index (χ3v) is 3.46. The van der Waals surface area contributed by atoms with E-state index in [2.05, 4.69) is 0 Å². The van der Waals surface area contributed by atoms with Gasteiger partial charge in [-0.05, 0) is 19.8 Å². The van der Waals surface area contributed by atoms with E-state index in [1.165, 1.54) is 6.92 Å². The van der Waals surface area contributed by atoms with Gasteiger partial charge in [-0.25, -0.2) is 8.42 Å². The second kappa shape index (κ2) is 6.27. The first-order valence-corrected chi connectivity index (χ1v) is 6.74. The van der Waals surface area contributed by atoms with E-state index in [4.69, 9.17) is 0 Å². The Morgan fingerprint density at radius 1 is 1.19 bits per heavy atom. The topological polar surface area (TPSA) is 34.1 Å². The Labute approximate surface area is 94.5 Å². The minimum absolute atomic E-state index is 0.258. The molecule has 0 aliphatic heterocycles. The summed E-state index contributed by atoms with van der Waals surface area (Å²) < 4.78 is 57.5. The van der Waals surface area contributed by atoms with Crippen LogP contribution in [0.3, 0.4) is 0 Å². The molecule has 0 spiro atoms. The molecule has 0 saturated carbocycles. The molecule has 0 aliphatic rings. The van der Waals surface area contributed by atoms with Crippen LogP contribution >= 0.6 is 0 Å². The average molecular weight is 258 g/mol. The zero-order chi connectivity index (χ0) is 12.8. The summed E-state index contributed by atoms with van der Waals surface area (Å²) in [7, 11) is -5.10. The van der Waals surface area contributed by atoms with Crippen LogP contribution in [0.1, 0.15) is 46.0 Å². The molecule has 0 rings (SSSR count). The first-order chi connectivity index (χ1) is 7.20. The summed E-state index contributed by atoms with van der Waals surface area (Å²) in [6.45, 7) is 3.44. The monoisotopic (exact) mass is 258 g/mol. The smallest absolute Gasteiger partial charge is 0.215 e. The highest BCUT2D eigenvalue weighted by atomic mass is 32.2. The summed E-state index contributed by atoms with van der Waals surface area (Å²) in [6.07, 6.45) is 4.08. The first-order valence-electron chi connectivity index (χ1n) is 5.19. The Bertz CT molecular complexity index is 328. The third kappa shape index (κ3) is 5.53. The molecule has 96 valence electrons. The lowest BCUT2D eigenvalue weighted by molar-refractivity contribution is -0.0423. The fraction of sp³-hybridized carbons (Fsp3) is 0.800. The third-order valence-electron chi connectivity index (χ3n) is 2.10. The molecule has 2 nitrogen and oxygen atoms in total. The maximum Gasteiger partial charge on any atom is 0.501 e. The quantitative estimate of drug-likeness (QED) is 0.679. The summed E-state index contributed by atoms with van der Waals surface area (Å²) in [5.74, 6) is 0. The molecule has 0 saturated heterocycles. The summed E-state index contributed by atoms with van der Waals surface area (Å²) in [5.41, 5.74) is -4.93. The molecule has 0 atom stereocenters. The lowest BCUT2D eigenvalue weighted by Gasteiger charge is -2.05. The zero-order valence-corrected chi connectivity index (χ0v) is 10.3. The Morgan fingerprint density at radius 3 is 2.19 bits per heavy atom. The number of allylic oxidation sites excluding steroid dienone is 1. The molecule has 0 aliphatic carbocycles. The number of alkyl halides is 3. The van der Waals surface area contributed by atoms with Gasteiger partial charge in [-0.3, -0.25) is 0 Å². The molecule has 0 heterocycles. The van der Waals surface area contributed by atoms with Gasteiger partial charge in [0.2, 0.25) is 0 Å². The number of unbranched alkanes of at least 4 members (excludes halogenated alkanes) is 3. The minimum atomic E-state index is -5.18. The van der Waals surface area contributed by atoms with Crippen LogP contribution in [-0.2, 0) is 9.84 Å². The highest BCUT2D eigenvalue weighted by Gasteiger charge is 2.43. The maximum atomic E-state index is 12.0. The van der Waals surface area contributed by atoms with E-state index in [1.54, 1.807) is 0 Å². The van der Waals surface area contributed by atoms with Gasteiger partial charge in [0, 0.05) is 5.41 Å². The summed E-state index contributed by atoms with van der Waals surface area (Å²) in [6, 6.07) is 0. The molecule has 16 heavy (non-hydrogen) atoms. The maximum absolute atomic E-state index is 12.0. The van der Waals surface area contributed by atoms with Crippen molar-refractivity contribution in [2.75, 3.05) is 0 Å². The van der Waals surface area contributed by atoms with Crippen molar-refractivity contribution < 1.29 is 21.6 Å². The van der Waals surface area contributed by atoms with Crippen LogP contribution in [-0.4, -0.2) is 13.9 Å². The van der Waals surface area contributed by atoms with Crippen molar-refractivity contribution in [2.24, 2.45) is 0 Å². The SMILES string of the molecule is CCCCCC/C(C)=C\S(=O)(=O)C(F)(F)F. The van der Waals surface area contributed by atoms with Crippen molar-refractivity contribution >= 4 is 9.84 Å². The fourth-order valence-electron chi connectivity index (χ4n) is 1.22. The number of hydrogen-bond donors (Lipinski definition) is 0. The second-order valence-corrected chi connectivity index (χ2v) is 5.55. The molecular formula is C10H17F3O2S. The van der Waals surface area contributed by atoms with E-state index in [0.717, 1.165) is 25.7 Å². The Morgan fingerprint density at radius 2 is 1.75 bits per heavy atom. The number of halogens is 3. The van der Waals surface area contributed by atoms with Crippen LogP contribution in [0.5, 0.6) is 0 Å². The predicted molar refractivity (Wildman–Crippen MR) is 57.5 cm³/mol. The normalized spacial score (nSPS) is 14.2. The van der Waals surface area contributed by atoms with Crippen LogP contribution in [0.25, 0.3) is 0 Å². The average Bonchev–Trinajstić information content (AvgIpc) is 2.10. The molecular weight excluding hydrogens is 241 g/mol. The Kier molecular flexibility index (Phi) is 6.07. The van der Waals surface area contributed by atoms with Crippen LogP contribution < -0.4 is 0 Å². The Hall–Kier alpha value is -0.520. The van der Waals surface area contributed by atoms with Gasteiger partial charge in [0.05, 0.1) is 0 Å². The van der Waals surface area contributed by atoms with Gasteiger partial charge in [0.25, 0.3) is 9.84 Å². The lowest BCUT2D eigenvalue weighted by atomic mass is 10.1. The van der Waals surface area contributed by atoms with Gasteiger partial charge in [-0.1, -0.05) is 31.8 Å². The number of rotatable bonds is 6. The van der Waals surface area contributed by atoms with Gasteiger partial charge in [0.1, 0.15) is 0 Å². The standard InChI is InChI=1S/C10H17F3O2S/c1-3-4-5-6-7-9(2)8-16(14,15)10(11,12)13/h8H,3-7H2,1-2H3/b9-8-. The summed E-state index contributed by atoms with van der Waals surface area (Å²) in [4.78, 5) is 0. The van der Waals surface area contributed by atoms with E-state index >= 15 is 0 Å². The molecule has 0 aromatic carbocycles. The van der Waals surface area contributed by atoms with Crippen LogP contribution in [0.2, 0.25) is 0 Å². The van der Waals surface area contributed by atoms with Crippen LogP contribution in [0, 0.1) is 0 Å². The summed E-state index contributed by atoms with van der Waals surface area (Å²) >= 11 is 0. The van der Waals surface area contributed by atoms with Crippen molar-refractivity contribution in [1.82, 2.24) is 0 Å². The van der Waals surface area contributed by atoms with Gasteiger partial charge < -0.3 is 0 Å². The molecule has 0 unspecified atom stereocenters. The highest BCUT2D eigenvalue weighted by molar-refractivity contribution is 7.95. The van der Waals surface area contributed by atoms with Crippen molar-refractivity contribution in [2.45, 2.75) is 51.5 Å². The van der Waals surface area contributed by atoms with Gasteiger partial charge in [0.15, 0.2) is 0 Å². The molecule has 0 aromatic rings. The van der Waals surface area contributed by atoms with Gasteiger partial charge in [-0.15, -0.1) is 0 Å². The van der Waals surface area contributed by atoms with Crippen LogP contribution in [0.4, 0.5) is 13.2 Å². The number of sulfone groups is 1. The Balaban J connectivity index is 4.33. The lowest BCUT2D eigenvalue weighted by Crippen LogP contribution is -2.20. The fourth-order valence-corrected chi connectivity index (χ4v) is 2.00. The van der Waals surface area contributed by atoms with Gasteiger partial charge in [-0.2, -0.15) is 13.2 Å². The van der Waals surface area contributed by atoms with E-state index in [1.807, 2.05) is 6.92 Å². The predicted octanol–water partition coefficient (Wildman–Crippen LogP) is 3.80. The van der Waals surface area contributed by atoms with Crippen molar-refractivity contribution in [3.05, 3.63) is 11.0 Å². The molecule has 0 amide bonds. The van der Waals surface area contributed by atoms with Crippen LogP contribution in [0.15, 0.2) is 11.0 Å². The largest absolute Gasteiger partial charge is 0.501 e. The minimum Gasteiger partial charge on any atom is -0.215 e. The van der Waals surface area contributed by atoms with E-state index in [0.29, 0.717) is 11.8 Å². The van der Waals surface area contributed by atoms with E-state index in [9.17, 15) is 21.6 Å². The molecule has 6 heteroatoms. The van der Waals surface area contributed by atoms with Crippen molar-refractivity contribution in [3.8, 4) is 0 Å². The molecule has 0 fully saturated rings. The molecule has 0 bridgehead atoms. The second-order valence-electron chi connectivity index (χ2n) is 3.77. The van der Waals surface area contributed by atoms with E-state index in [-0.39, 0.29) is 5.57 Å². The first kappa shape index (κ1) is 15.5. The number of hydrogen-bond acceptors (Lipinski definition) is 2. The van der Waals surface area contributed by atoms with Crippen molar-refractivity contribution in [1.29, 1.82) is 0 Å². The van der Waals surface area contributed by atoms with Gasteiger partial charge >= 0.3 is 5.51 Å². The molecule has 0 N–H and O–H groups in total. The summed E-state index contributed by atoms with van der Waals surface area (Å²) in [5, 5.41) is 0.332. The van der Waals surface area contributed by atoms with E-state index < -0.39 is 15.3 Å². The highest BCUT2D eigenvalue weighted by Crippen LogP contribution is 2.26. The zero-order valence-electron chi connectivity index (χ0n) is 9.47. The van der Waals surface area contributed by atoms with Crippen molar-refractivity contribution in [3.63, 3.8) is 0 Å².